The van der Waals surface area contributed by atoms with Crippen LogP contribution in [0, 0.1) is 18.3 Å². The predicted molar refractivity (Wildman–Crippen MR) is 64.6 cm³/mol. The summed E-state index contributed by atoms with van der Waals surface area (Å²) in [6.07, 6.45) is 0.521. The van der Waals surface area contributed by atoms with Crippen LogP contribution in [0.3, 0.4) is 0 Å². The number of nitrogens with one attached hydrogen (secondary N) is 1. The Hall–Kier alpha value is -2.02. The molecule has 0 fully saturated rings. The minimum Gasteiger partial charge on any atom is -0.508 e. The molecule has 0 radical (unpaired) electrons. The maximum Gasteiger partial charge on any atom is 0.252 e. The Morgan fingerprint density at radius 1 is 1.59 bits per heavy atom. The maximum atomic E-state index is 12.0. The molecule has 0 spiro atoms. The fraction of sp³-hybridized carbons (Fsp3) is 0.385. The lowest BCUT2D eigenvalue weighted by Crippen LogP contribution is -2.44. The first-order valence-electron chi connectivity index (χ1n) is 5.46. The SMILES string of the molecule is CCC(C)(C#N)NC(=O)c1cccc(O)c1C. The van der Waals surface area contributed by atoms with Crippen LogP contribution >= 0.6 is 0 Å². The van der Waals surface area contributed by atoms with Crippen molar-refractivity contribution in [3.63, 3.8) is 0 Å². The van der Waals surface area contributed by atoms with Gasteiger partial charge in [0.2, 0.25) is 0 Å². The van der Waals surface area contributed by atoms with Gasteiger partial charge in [-0.2, -0.15) is 5.26 Å². The van der Waals surface area contributed by atoms with Crippen molar-refractivity contribution in [1.29, 1.82) is 5.26 Å². The Morgan fingerprint density at radius 2 is 2.24 bits per heavy atom. The van der Waals surface area contributed by atoms with Crippen molar-refractivity contribution in [3.05, 3.63) is 29.3 Å². The average Bonchev–Trinajstić information content (AvgIpc) is 2.32. The molecule has 0 aliphatic carbocycles. The number of nitriles is 1. The van der Waals surface area contributed by atoms with Gasteiger partial charge in [-0.05, 0) is 32.4 Å². The Bertz CT molecular complexity index is 477. The standard InChI is InChI=1S/C13H16N2O2/c1-4-13(3,8-14)15-12(17)10-6-5-7-11(16)9(10)2/h5-7,16H,4H2,1-3H3,(H,15,17). The van der Waals surface area contributed by atoms with E-state index in [4.69, 9.17) is 5.26 Å². The van der Waals surface area contributed by atoms with E-state index in [-0.39, 0.29) is 11.7 Å². The molecule has 90 valence electrons. The highest BCUT2D eigenvalue weighted by Crippen LogP contribution is 2.20. The third kappa shape index (κ3) is 2.76. The van der Waals surface area contributed by atoms with Crippen LogP contribution in [0.4, 0.5) is 0 Å². The molecular weight excluding hydrogens is 216 g/mol. The van der Waals surface area contributed by atoms with E-state index in [9.17, 15) is 9.90 Å². The molecule has 17 heavy (non-hydrogen) atoms. The number of aromatic hydroxyl groups is 1. The second-order valence-corrected chi connectivity index (χ2v) is 4.20. The van der Waals surface area contributed by atoms with Crippen LogP contribution in [0.1, 0.15) is 36.2 Å². The van der Waals surface area contributed by atoms with Gasteiger partial charge in [0.15, 0.2) is 0 Å². The zero-order chi connectivity index (χ0) is 13.1. The number of hydrogen-bond donors (Lipinski definition) is 2. The maximum absolute atomic E-state index is 12.0. The molecule has 0 saturated heterocycles. The summed E-state index contributed by atoms with van der Waals surface area (Å²) in [4.78, 5) is 12.0. The van der Waals surface area contributed by atoms with E-state index >= 15 is 0 Å². The van der Waals surface area contributed by atoms with Crippen molar-refractivity contribution in [2.45, 2.75) is 32.7 Å². The normalized spacial score (nSPS) is 13.5. The Kier molecular flexibility index (Phi) is 3.74. The fourth-order valence-corrected chi connectivity index (χ4v) is 1.38. The third-order valence-electron chi connectivity index (χ3n) is 2.89. The summed E-state index contributed by atoms with van der Waals surface area (Å²) in [5.74, 6) is -0.267. The number of phenolic OH excluding ortho intramolecular Hbond substituents is 1. The fourth-order valence-electron chi connectivity index (χ4n) is 1.38. The van der Waals surface area contributed by atoms with Crippen LogP contribution in [-0.4, -0.2) is 16.6 Å². The third-order valence-corrected chi connectivity index (χ3v) is 2.89. The summed E-state index contributed by atoms with van der Waals surface area (Å²) < 4.78 is 0. The molecule has 0 aromatic heterocycles. The predicted octanol–water partition coefficient (Wildman–Crippen LogP) is 2.12. The number of nitrogens with zero attached hydrogens (tertiary/aromatic N) is 1. The van der Waals surface area contributed by atoms with Gasteiger partial charge in [0, 0.05) is 11.1 Å². The van der Waals surface area contributed by atoms with Crippen molar-refractivity contribution in [2.75, 3.05) is 0 Å². The molecule has 1 rings (SSSR count). The van der Waals surface area contributed by atoms with E-state index in [1.807, 2.05) is 6.92 Å². The molecule has 0 heterocycles. The molecule has 0 bridgehead atoms. The van der Waals surface area contributed by atoms with E-state index in [0.29, 0.717) is 17.5 Å². The highest BCUT2D eigenvalue weighted by molar-refractivity contribution is 5.96. The van der Waals surface area contributed by atoms with E-state index < -0.39 is 5.54 Å². The number of carbonyl (C=O) groups is 1. The van der Waals surface area contributed by atoms with Crippen LogP contribution in [0.2, 0.25) is 0 Å². The first kappa shape index (κ1) is 13.0. The Morgan fingerprint density at radius 3 is 2.76 bits per heavy atom. The van der Waals surface area contributed by atoms with Crippen molar-refractivity contribution >= 4 is 5.91 Å². The number of amides is 1. The topological polar surface area (TPSA) is 73.1 Å². The summed E-state index contributed by atoms with van der Waals surface area (Å²) in [5, 5.41) is 21.2. The number of hydrogen-bond acceptors (Lipinski definition) is 3. The number of benzene rings is 1. The average molecular weight is 232 g/mol. The minimum absolute atomic E-state index is 0.0767. The van der Waals surface area contributed by atoms with Crippen LogP contribution in [0.25, 0.3) is 0 Å². The van der Waals surface area contributed by atoms with Crippen LogP contribution in [0.15, 0.2) is 18.2 Å². The minimum atomic E-state index is -0.880. The summed E-state index contributed by atoms with van der Waals surface area (Å²) >= 11 is 0. The Labute approximate surface area is 101 Å². The molecule has 1 atom stereocenters. The van der Waals surface area contributed by atoms with Gasteiger partial charge >= 0.3 is 0 Å². The largest absolute Gasteiger partial charge is 0.508 e. The molecule has 1 aromatic rings. The first-order chi connectivity index (χ1) is 7.93. The first-order valence-corrected chi connectivity index (χ1v) is 5.46. The number of rotatable bonds is 3. The molecule has 4 nitrogen and oxygen atoms in total. The van der Waals surface area contributed by atoms with Gasteiger partial charge in [-0.25, -0.2) is 0 Å². The zero-order valence-corrected chi connectivity index (χ0v) is 10.2. The lowest BCUT2D eigenvalue weighted by atomic mass is 9.99. The molecule has 0 aliphatic rings. The van der Waals surface area contributed by atoms with Crippen LogP contribution < -0.4 is 5.32 Å². The van der Waals surface area contributed by atoms with E-state index in [2.05, 4.69) is 11.4 Å². The quantitative estimate of drug-likeness (QED) is 0.838. The summed E-state index contributed by atoms with van der Waals surface area (Å²) in [5.41, 5.74) is 0.0240. The van der Waals surface area contributed by atoms with Gasteiger partial charge in [-0.1, -0.05) is 13.0 Å². The smallest absolute Gasteiger partial charge is 0.252 e. The molecular formula is C13H16N2O2. The Balaban J connectivity index is 2.99. The molecule has 4 heteroatoms. The highest BCUT2D eigenvalue weighted by atomic mass is 16.3. The summed E-state index contributed by atoms with van der Waals surface area (Å²) in [6, 6.07) is 6.82. The summed E-state index contributed by atoms with van der Waals surface area (Å²) in [7, 11) is 0. The molecule has 0 aliphatic heterocycles. The van der Waals surface area contributed by atoms with Gasteiger partial charge in [0.05, 0.1) is 6.07 Å². The molecule has 1 aromatic carbocycles. The molecule has 0 saturated carbocycles. The van der Waals surface area contributed by atoms with Gasteiger partial charge in [-0.15, -0.1) is 0 Å². The van der Waals surface area contributed by atoms with Crippen molar-refractivity contribution in [3.8, 4) is 11.8 Å². The summed E-state index contributed by atoms with van der Waals surface area (Å²) in [6.45, 7) is 5.17. The second kappa shape index (κ2) is 4.88. The number of carbonyl (C=O) groups excluding carboxylic acids is 1. The molecule has 1 unspecified atom stereocenters. The molecule has 1 amide bonds. The van der Waals surface area contributed by atoms with Crippen molar-refractivity contribution in [2.24, 2.45) is 0 Å². The van der Waals surface area contributed by atoms with Crippen LogP contribution in [-0.2, 0) is 0 Å². The van der Waals surface area contributed by atoms with Gasteiger partial charge < -0.3 is 10.4 Å². The molecule has 2 N–H and O–H groups in total. The van der Waals surface area contributed by atoms with E-state index in [1.165, 1.54) is 6.07 Å². The second-order valence-electron chi connectivity index (χ2n) is 4.20. The lowest BCUT2D eigenvalue weighted by molar-refractivity contribution is 0.0922. The van der Waals surface area contributed by atoms with Crippen molar-refractivity contribution in [1.82, 2.24) is 5.32 Å². The van der Waals surface area contributed by atoms with Crippen molar-refractivity contribution < 1.29 is 9.90 Å². The monoisotopic (exact) mass is 232 g/mol. The highest BCUT2D eigenvalue weighted by Gasteiger charge is 2.25. The van der Waals surface area contributed by atoms with Gasteiger partial charge in [0.25, 0.3) is 5.91 Å². The van der Waals surface area contributed by atoms with E-state index in [0.717, 1.165) is 0 Å². The van der Waals surface area contributed by atoms with Crippen LogP contribution in [0.5, 0.6) is 5.75 Å². The zero-order valence-electron chi connectivity index (χ0n) is 10.2. The van der Waals surface area contributed by atoms with Gasteiger partial charge in [0.1, 0.15) is 11.3 Å². The number of phenols is 1. The van der Waals surface area contributed by atoms with E-state index in [1.54, 1.807) is 26.0 Å². The lowest BCUT2D eigenvalue weighted by Gasteiger charge is -2.21. The van der Waals surface area contributed by atoms with Gasteiger partial charge in [-0.3, -0.25) is 4.79 Å².